The number of aromatic nitrogens is 4. The molecule has 1 aliphatic rings. The molecule has 9 heteroatoms. The van der Waals surface area contributed by atoms with Gasteiger partial charge in [0.05, 0.1) is 17.7 Å². The third kappa shape index (κ3) is 4.42. The molecule has 2 N–H and O–H groups in total. The molecule has 0 radical (unpaired) electrons. The molecule has 1 saturated carbocycles. The lowest BCUT2D eigenvalue weighted by molar-refractivity contribution is -0.143. The molecule has 1 aromatic heterocycles. The number of carboxylic acids is 1. The first-order valence-corrected chi connectivity index (χ1v) is 7.87. The zero-order chi connectivity index (χ0) is 15.4. The van der Waals surface area contributed by atoms with Crippen molar-refractivity contribution in [3.05, 3.63) is 0 Å². The molecule has 1 fully saturated rings. The van der Waals surface area contributed by atoms with Crippen molar-refractivity contribution in [2.24, 2.45) is 11.8 Å². The molecule has 1 heterocycles. The highest BCUT2D eigenvalue weighted by atomic mass is 32.2. The van der Waals surface area contributed by atoms with Gasteiger partial charge in [-0.1, -0.05) is 25.6 Å². The van der Waals surface area contributed by atoms with Crippen LogP contribution in [0.25, 0.3) is 0 Å². The van der Waals surface area contributed by atoms with Crippen LogP contribution in [0.15, 0.2) is 5.16 Å². The Morgan fingerprint density at radius 1 is 1.48 bits per heavy atom. The van der Waals surface area contributed by atoms with Gasteiger partial charge in [0.15, 0.2) is 0 Å². The molecular formula is C12H19N5O3S. The van der Waals surface area contributed by atoms with Crippen molar-refractivity contribution in [3.63, 3.8) is 0 Å². The number of hydrogen-bond donors (Lipinski definition) is 2. The molecule has 0 saturated heterocycles. The fraction of sp³-hybridized carbons (Fsp3) is 0.750. The van der Waals surface area contributed by atoms with E-state index in [9.17, 15) is 9.59 Å². The number of amides is 1. The number of aliphatic carboxylic acids is 1. The van der Waals surface area contributed by atoms with Gasteiger partial charge in [0.2, 0.25) is 11.1 Å². The predicted molar refractivity (Wildman–Crippen MR) is 75.8 cm³/mol. The topological polar surface area (TPSA) is 110 Å². The number of nitrogens with one attached hydrogen (secondary N) is 1. The molecule has 1 atom stereocenters. The Morgan fingerprint density at radius 3 is 2.76 bits per heavy atom. The Hall–Kier alpha value is -1.64. The Morgan fingerprint density at radius 2 is 2.19 bits per heavy atom. The summed E-state index contributed by atoms with van der Waals surface area (Å²) < 4.78 is 1.74. The highest BCUT2D eigenvalue weighted by Crippen LogP contribution is 2.36. The van der Waals surface area contributed by atoms with Crippen molar-refractivity contribution in [1.29, 1.82) is 0 Å². The van der Waals surface area contributed by atoms with Gasteiger partial charge in [0, 0.05) is 6.54 Å². The maximum atomic E-state index is 11.8. The maximum absolute atomic E-state index is 11.8. The lowest BCUT2D eigenvalue weighted by Crippen LogP contribution is -2.36. The molecule has 0 aliphatic heterocycles. The SMILES string of the molecule is CC(C)C(CNC(=O)CSc1nnnn1C1CC1)C(=O)O. The first-order valence-electron chi connectivity index (χ1n) is 6.89. The van der Waals surface area contributed by atoms with E-state index in [0.29, 0.717) is 11.2 Å². The van der Waals surface area contributed by atoms with Gasteiger partial charge in [-0.3, -0.25) is 9.59 Å². The van der Waals surface area contributed by atoms with Crippen LogP contribution in [0.4, 0.5) is 0 Å². The minimum Gasteiger partial charge on any atom is -0.481 e. The van der Waals surface area contributed by atoms with Crippen LogP contribution in [0.2, 0.25) is 0 Å². The van der Waals surface area contributed by atoms with Gasteiger partial charge in [-0.2, -0.15) is 0 Å². The minimum absolute atomic E-state index is 0.0300. The number of thioether (sulfide) groups is 1. The summed E-state index contributed by atoms with van der Waals surface area (Å²) in [4.78, 5) is 22.8. The summed E-state index contributed by atoms with van der Waals surface area (Å²) >= 11 is 1.27. The third-order valence-corrected chi connectivity index (χ3v) is 4.26. The molecule has 1 aliphatic carbocycles. The third-order valence-electron chi connectivity index (χ3n) is 3.33. The molecule has 116 valence electrons. The summed E-state index contributed by atoms with van der Waals surface area (Å²) in [5.41, 5.74) is 0. The Bertz CT molecular complexity index is 515. The first kappa shape index (κ1) is 15.7. The summed E-state index contributed by atoms with van der Waals surface area (Å²) in [5, 5.41) is 23.7. The van der Waals surface area contributed by atoms with Crippen LogP contribution < -0.4 is 5.32 Å². The summed E-state index contributed by atoms with van der Waals surface area (Å²) in [7, 11) is 0. The van der Waals surface area contributed by atoms with Crippen LogP contribution >= 0.6 is 11.8 Å². The van der Waals surface area contributed by atoms with E-state index in [1.165, 1.54) is 11.8 Å². The van der Waals surface area contributed by atoms with Crippen LogP contribution in [0, 0.1) is 11.8 Å². The zero-order valence-corrected chi connectivity index (χ0v) is 12.8. The van der Waals surface area contributed by atoms with Crippen molar-refractivity contribution in [3.8, 4) is 0 Å². The van der Waals surface area contributed by atoms with E-state index in [4.69, 9.17) is 5.11 Å². The molecule has 1 aromatic rings. The smallest absolute Gasteiger partial charge is 0.308 e. The molecule has 1 amide bonds. The number of carbonyl (C=O) groups excluding carboxylic acids is 1. The van der Waals surface area contributed by atoms with Crippen LogP contribution in [0.5, 0.6) is 0 Å². The van der Waals surface area contributed by atoms with Crippen molar-refractivity contribution in [1.82, 2.24) is 25.5 Å². The maximum Gasteiger partial charge on any atom is 0.308 e. The second kappa shape index (κ2) is 6.88. The van der Waals surface area contributed by atoms with E-state index in [2.05, 4.69) is 20.8 Å². The zero-order valence-electron chi connectivity index (χ0n) is 12.0. The van der Waals surface area contributed by atoms with Gasteiger partial charge >= 0.3 is 5.97 Å². The Labute approximate surface area is 126 Å². The average Bonchev–Trinajstić information content (AvgIpc) is 3.14. The largest absolute Gasteiger partial charge is 0.481 e. The second-order valence-electron chi connectivity index (χ2n) is 5.42. The van der Waals surface area contributed by atoms with E-state index in [0.717, 1.165) is 12.8 Å². The van der Waals surface area contributed by atoms with Crippen molar-refractivity contribution < 1.29 is 14.7 Å². The molecule has 0 bridgehead atoms. The number of carbonyl (C=O) groups is 2. The fourth-order valence-electron chi connectivity index (χ4n) is 1.84. The highest BCUT2D eigenvalue weighted by molar-refractivity contribution is 7.99. The van der Waals surface area contributed by atoms with Gasteiger partial charge in [-0.25, -0.2) is 4.68 Å². The molecule has 21 heavy (non-hydrogen) atoms. The Balaban J connectivity index is 1.76. The Kier molecular flexibility index (Phi) is 5.16. The summed E-state index contributed by atoms with van der Waals surface area (Å²) in [5.74, 6) is -1.53. The van der Waals surface area contributed by atoms with Crippen LogP contribution in [0.1, 0.15) is 32.7 Å². The van der Waals surface area contributed by atoms with E-state index in [1.807, 2.05) is 13.8 Å². The first-order chi connectivity index (χ1) is 9.99. The van der Waals surface area contributed by atoms with Gasteiger partial charge in [0.1, 0.15) is 0 Å². The van der Waals surface area contributed by atoms with Crippen molar-refractivity contribution >= 4 is 23.6 Å². The normalized spacial score (nSPS) is 16.0. The molecule has 2 rings (SSSR count). The summed E-state index contributed by atoms with van der Waals surface area (Å²) in [6.45, 7) is 3.78. The van der Waals surface area contributed by atoms with Gasteiger partial charge in [-0.15, -0.1) is 5.10 Å². The van der Waals surface area contributed by atoms with Crippen LogP contribution in [-0.4, -0.2) is 49.5 Å². The minimum atomic E-state index is -0.893. The van der Waals surface area contributed by atoms with E-state index < -0.39 is 11.9 Å². The fourth-order valence-corrected chi connectivity index (χ4v) is 2.62. The number of hydrogen-bond acceptors (Lipinski definition) is 6. The van der Waals surface area contributed by atoms with E-state index >= 15 is 0 Å². The average molecular weight is 313 g/mol. The van der Waals surface area contributed by atoms with Gasteiger partial charge < -0.3 is 10.4 Å². The van der Waals surface area contributed by atoms with Crippen LogP contribution in [-0.2, 0) is 9.59 Å². The van der Waals surface area contributed by atoms with Crippen LogP contribution in [0.3, 0.4) is 0 Å². The molecular weight excluding hydrogens is 294 g/mol. The van der Waals surface area contributed by atoms with Crippen molar-refractivity contribution in [2.75, 3.05) is 12.3 Å². The number of nitrogens with zero attached hydrogens (tertiary/aromatic N) is 4. The predicted octanol–water partition coefficient (Wildman–Crippen LogP) is 0.573. The number of carboxylic acid groups (broad SMARTS) is 1. The lowest BCUT2D eigenvalue weighted by Gasteiger charge is -2.16. The molecule has 0 aromatic carbocycles. The number of tetrazole rings is 1. The summed E-state index contributed by atoms with van der Waals surface area (Å²) in [6, 6.07) is 0.364. The van der Waals surface area contributed by atoms with Gasteiger partial charge in [0.25, 0.3) is 0 Å². The van der Waals surface area contributed by atoms with E-state index in [1.54, 1.807) is 4.68 Å². The molecule has 1 unspecified atom stereocenters. The number of rotatable bonds is 8. The highest BCUT2D eigenvalue weighted by Gasteiger charge is 2.28. The summed E-state index contributed by atoms with van der Waals surface area (Å²) in [6.07, 6.45) is 2.14. The molecule has 0 spiro atoms. The monoisotopic (exact) mass is 313 g/mol. The standard InChI is InChI=1S/C12H19N5O3S/c1-7(2)9(11(19)20)5-13-10(18)6-21-12-14-15-16-17(12)8-3-4-8/h7-9H,3-6H2,1-2H3,(H,13,18)(H,19,20). The second-order valence-corrected chi connectivity index (χ2v) is 6.36. The quantitative estimate of drug-likeness (QED) is 0.675. The van der Waals surface area contributed by atoms with E-state index in [-0.39, 0.29) is 24.1 Å². The molecule has 8 nitrogen and oxygen atoms in total. The van der Waals surface area contributed by atoms with Crippen molar-refractivity contribution in [2.45, 2.75) is 37.9 Å². The lowest BCUT2D eigenvalue weighted by atomic mass is 9.96. The van der Waals surface area contributed by atoms with Gasteiger partial charge in [-0.05, 0) is 29.2 Å².